The Hall–Kier alpha value is -1.52. The third-order valence-corrected chi connectivity index (χ3v) is 6.65. The van der Waals surface area contributed by atoms with Crippen molar-refractivity contribution in [3.63, 3.8) is 0 Å². The molecule has 0 aliphatic carbocycles. The Morgan fingerprint density at radius 2 is 1.35 bits per heavy atom. The zero-order valence-corrected chi connectivity index (χ0v) is 15.1. The van der Waals surface area contributed by atoms with E-state index in [0.717, 1.165) is 5.19 Å². The quantitative estimate of drug-likeness (QED) is 0.664. The second-order valence-corrected chi connectivity index (χ2v) is 10.4. The molecule has 0 saturated carbocycles. The Morgan fingerprint density at radius 3 is 1.83 bits per heavy atom. The van der Waals surface area contributed by atoms with Crippen molar-refractivity contribution in [1.29, 1.82) is 0 Å². The molecule has 0 aliphatic rings. The number of hydrogen-bond acceptors (Lipinski definition) is 1. The number of halogens is 2. The van der Waals surface area contributed by atoms with E-state index in [2.05, 4.69) is 0 Å². The fourth-order valence-electron chi connectivity index (χ4n) is 2.50. The molecule has 0 amide bonds. The van der Waals surface area contributed by atoms with Gasteiger partial charge in [0.1, 0.15) is 6.10 Å². The predicted molar refractivity (Wildman–Crippen MR) is 93.6 cm³/mol. The largest absolute Gasteiger partial charge is 0.400 e. The minimum Gasteiger partial charge on any atom is -0.400 e. The van der Waals surface area contributed by atoms with Gasteiger partial charge in [0, 0.05) is 5.92 Å². The Morgan fingerprint density at radius 1 is 0.870 bits per heavy atom. The standard InChI is InChI=1S/C19H24F2OSi/c1-15(2)19(20,21)18(16-11-7-5-8-12-16)22-23(3,4)17-13-9-6-10-14-17/h5-15,18H,1-4H3. The summed E-state index contributed by atoms with van der Waals surface area (Å²) in [6.45, 7) is 7.01. The summed E-state index contributed by atoms with van der Waals surface area (Å²) in [5.41, 5.74) is 0.530. The van der Waals surface area contributed by atoms with Crippen LogP contribution in [0.4, 0.5) is 8.78 Å². The van der Waals surface area contributed by atoms with E-state index in [4.69, 9.17) is 4.43 Å². The second kappa shape index (κ2) is 6.93. The molecule has 1 atom stereocenters. The van der Waals surface area contributed by atoms with Crippen LogP contribution in [0.2, 0.25) is 13.1 Å². The van der Waals surface area contributed by atoms with Gasteiger partial charge in [-0.3, -0.25) is 0 Å². The van der Waals surface area contributed by atoms with Gasteiger partial charge in [0.2, 0.25) is 8.32 Å². The molecule has 124 valence electrons. The third-order valence-electron chi connectivity index (χ3n) is 4.10. The van der Waals surface area contributed by atoms with Gasteiger partial charge in [-0.2, -0.15) is 0 Å². The Labute approximate surface area is 138 Å². The molecule has 0 aliphatic heterocycles. The van der Waals surface area contributed by atoms with Crippen molar-refractivity contribution in [2.75, 3.05) is 0 Å². The summed E-state index contributed by atoms with van der Waals surface area (Å²) in [7, 11) is -2.46. The van der Waals surface area contributed by atoms with Crippen molar-refractivity contribution < 1.29 is 13.2 Å². The normalized spacial score (nSPS) is 14.0. The topological polar surface area (TPSA) is 9.23 Å². The van der Waals surface area contributed by atoms with Crippen molar-refractivity contribution in [3.8, 4) is 0 Å². The first-order valence-electron chi connectivity index (χ1n) is 7.91. The molecule has 2 rings (SSSR count). The summed E-state index contributed by atoms with van der Waals surface area (Å²) in [6.07, 6.45) is -1.23. The molecule has 23 heavy (non-hydrogen) atoms. The molecule has 2 aromatic rings. The van der Waals surface area contributed by atoms with E-state index in [0.29, 0.717) is 5.56 Å². The Balaban J connectivity index is 2.39. The molecule has 0 radical (unpaired) electrons. The van der Waals surface area contributed by atoms with Gasteiger partial charge in [0.25, 0.3) is 5.92 Å². The van der Waals surface area contributed by atoms with Crippen molar-refractivity contribution in [2.24, 2.45) is 5.92 Å². The summed E-state index contributed by atoms with van der Waals surface area (Å²) < 4.78 is 35.8. The number of rotatable bonds is 6. The molecule has 2 aromatic carbocycles. The zero-order valence-electron chi connectivity index (χ0n) is 14.1. The van der Waals surface area contributed by atoms with Crippen LogP contribution in [0.5, 0.6) is 0 Å². The molecule has 0 saturated heterocycles. The van der Waals surface area contributed by atoms with Crippen molar-refractivity contribution in [3.05, 3.63) is 66.2 Å². The molecule has 0 fully saturated rings. The number of alkyl halides is 2. The lowest BCUT2D eigenvalue weighted by atomic mass is 9.95. The van der Waals surface area contributed by atoms with Crippen LogP contribution in [-0.4, -0.2) is 14.2 Å². The zero-order chi connectivity index (χ0) is 17.1. The highest BCUT2D eigenvalue weighted by atomic mass is 28.4. The summed E-state index contributed by atoms with van der Waals surface area (Å²) in [4.78, 5) is 0. The molecule has 1 unspecified atom stereocenters. The van der Waals surface area contributed by atoms with Gasteiger partial charge in [0.05, 0.1) is 0 Å². The molecular weight excluding hydrogens is 310 g/mol. The number of hydrogen-bond donors (Lipinski definition) is 0. The highest BCUT2D eigenvalue weighted by Crippen LogP contribution is 2.41. The van der Waals surface area contributed by atoms with Crippen LogP contribution in [-0.2, 0) is 4.43 Å². The van der Waals surface area contributed by atoms with E-state index in [1.165, 1.54) is 13.8 Å². The van der Waals surface area contributed by atoms with E-state index in [9.17, 15) is 8.78 Å². The van der Waals surface area contributed by atoms with Gasteiger partial charge in [-0.05, 0) is 23.8 Å². The number of benzene rings is 2. The van der Waals surface area contributed by atoms with Crippen molar-refractivity contribution >= 4 is 13.5 Å². The highest BCUT2D eigenvalue weighted by molar-refractivity contribution is 6.84. The Bertz CT molecular complexity index is 612. The van der Waals surface area contributed by atoms with Gasteiger partial charge in [-0.15, -0.1) is 0 Å². The summed E-state index contributed by atoms with van der Waals surface area (Å²) in [5, 5.41) is 1.01. The van der Waals surface area contributed by atoms with Crippen LogP contribution in [0.3, 0.4) is 0 Å². The lowest BCUT2D eigenvalue weighted by Gasteiger charge is -2.36. The average Bonchev–Trinajstić information content (AvgIpc) is 2.54. The molecule has 0 heterocycles. The smallest absolute Gasteiger partial charge is 0.278 e. The molecular formula is C19H24F2OSi. The van der Waals surface area contributed by atoms with Crippen LogP contribution in [0.25, 0.3) is 0 Å². The van der Waals surface area contributed by atoms with E-state index in [1.807, 2.05) is 49.5 Å². The fourth-order valence-corrected chi connectivity index (χ4v) is 4.52. The maximum atomic E-state index is 14.8. The minimum atomic E-state index is -2.93. The minimum absolute atomic E-state index is 0.530. The van der Waals surface area contributed by atoms with E-state index < -0.39 is 26.3 Å². The predicted octanol–water partition coefficient (Wildman–Crippen LogP) is 5.15. The molecule has 0 bridgehead atoms. The van der Waals surface area contributed by atoms with E-state index in [1.54, 1.807) is 24.3 Å². The SMILES string of the molecule is CC(C)C(F)(F)C(O[Si](C)(C)c1ccccc1)c1ccccc1. The van der Waals surface area contributed by atoms with Gasteiger partial charge >= 0.3 is 0 Å². The molecule has 0 spiro atoms. The first kappa shape index (κ1) is 17.8. The lowest BCUT2D eigenvalue weighted by molar-refractivity contribution is -0.133. The lowest BCUT2D eigenvalue weighted by Crippen LogP contribution is -2.49. The average molecular weight is 334 g/mol. The van der Waals surface area contributed by atoms with E-state index in [-0.39, 0.29) is 0 Å². The highest BCUT2D eigenvalue weighted by Gasteiger charge is 2.47. The van der Waals surface area contributed by atoms with Gasteiger partial charge in [-0.1, -0.05) is 74.5 Å². The first-order chi connectivity index (χ1) is 10.7. The van der Waals surface area contributed by atoms with Crippen LogP contribution in [0.1, 0.15) is 25.5 Å². The van der Waals surface area contributed by atoms with Crippen LogP contribution in [0.15, 0.2) is 60.7 Å². The van der Waals surface area contributed by atoms with Gasteiger partial charge in [-0.25, -0.2) is 8.78 Å². The van der Waals surface area contributed by atoms with Crippen LogP contribution >= 0.6 is 0 Å². The van der Waals surface area contributed by atoms with Gasteiger partial charge in [0.15, 0.2) is 0 Å². The van der Waals surface area contributed by atoms with Crippen LogP contribution in [0, 0.1) is 5.92 Å². The second-order valence-electron chi connectivity index (χ2n) is 6.61. The Kier molecular flexibility index (Phi) is 5.37. The maximum absolute atomic E-state index is 14.8. The maximum Gasteiger partial charge on any atom is 0.278 e. The fraction of sp³-hybridized carbons (Fsp3) is 0.368. The monoisotopic (exact) mass is 334 g/mol. The summed E-state index contributed by atoms with van der Waals surface area (Å²) in [6, 6.07) is 18.5. The van der Waals surface area contributed by atoms with Crippen molar-refractivity contribution in [1.82, 2.24) is 0 Å². The van der Waals surface area contributed by atoms with E-state index >= 15 is 0 Å². The molecule has 4 heteroatoms. The molecule has 0 aromatic heterocycles. The molecule has 0 N–H and O–H groups in total. The summed E-state index contributed by atoms with van der Waals surface area (Å²) in [5.74, 6) is -3.73. The van der Waals surface area contributed by atoms with Gasteiger partial charge < -0.3 is 4.43 Å². The molecule has 1 nitrogen and oxygen atoms in total. The van der Waals surface area contributed by atoms with Crippen LogP contribution < -0.4 is 5.19 Å². The first-order valence-corrected chi connectivity index (χ1v) is 10.8. The third kappa shape index (κ3) is 4.06. The van der Waals surface area contributed by atoms with Crippen molar-refractivity contribution in [2.45, 2.75) is 39.0 Å². The summed E-state index contributed by atoms with van der Waals surface area (Å²) >= 11 is 0.